The van der Waals surface area contributed by atoms with Gasteiger partial charge in [-0.1, -0.05) is 69.3 Å². The zero-order valence-electron chi connectivity index (χ0n) is 18.8. The van der Waals surface area contributed by atoms with Gasteiger partial charge in [0, 0.05) is 18.0 Å². The Kier molecular flexibility index (Phi) is 3.94. The molecule has 0 radical (unpaired) electrons. The van der Waals surface area contributed by atoms with E-state index in [-0.39, 0.29) is 5.41 Å². The number of aryl methyl sites for hydroxylation is 1. The third kappa shape index (κ3) is 2.74. The van der Waals surface area contributed by atoms with Gasteiger partial charge in [0.15, 0.2) is 0 Å². The number of aromatic nitrogens is 3. The van der Waals surface area contributed by atoms with Crippen molar-refractivity contribution in [1.29, 1.82) is 0 Å². The molecule has 156 valence electrons. The summed E-state index contributed by atoms with van der Waals surface area (Å²) in [6.07, 6.45) is 1.70. The van der Waals surface area contributed by atoms with E-state index in [0.29, 0.717) is 0 Å². The zero-order valence-corrected chi connectivity index (χ0v) is 18.8. The van der Waals surface area contributed by atoms with Crippen LogP contribution in [0.1, 0.15) is 26.3 Å². The monoisotopic (exact) mass is 415 g/mol. The smallest absolute Gasteiger partial charge is 0.144 e. The lowest BCUT2D eigenvalue weighted by atomic mass is 9.82. The van der Waals surface area contributed by atoms with Crippen LogP contribution in [-0.2, 0) is 12.5 Å². The van der Waals surface area contributed by atoms with Crippen LogP contribution >= 0.6 is 0 Å². The van der Waals surface area contributed by atoms with Crippen LogP contribution in [0, 0.1) is 0 Å². The maximum Gasteiger partial charge on any atom is 0.144 e. The third-order valence-corrected chi connectivity index (χ3v) is 6.58. The van der Waals surface area contributed by atoms with Crippen LogP contribution < -0.4 is 0 Å². The van der Waals surface area contributed by atoms with Gasteiger partial charge >= 0.3 is 0 Å². The van der Waals surface area contributed by atoms with Gasteiger partial charge in [0.05, 0.1) is 16.6 Å². The predicted molar refractivity (Wildman–Crippen MR) is 135 cm³/mol. The minimum Gasteiger partial charge on any atom is -0.328 e. The lowest BCUT2D eigenvalue weighted by Gasteiger charge is -2.22. The van der Waals surface area contributed by atoms with Crippen molar-refractivity contribution in [1.82, 2.24) is 14.5 Å². The van der Waals surface area contributed by atoms with E-state index < -0.39 is 0 Å². The minimum absolute atomic E-state index is 0.0245. The first-order valence-electron chi connectivity index (χ1n) is 11.1. The molecule has 0 fully saturated rings. The second-order valence-corrected chi connectivity index (χ2v) is 9.69. The van der Waals surface area contributed by atoms with Gasteiger partial charge in [0.25, 0.3) is 0 Å². The Morgan fingerprint density at radius 2 is 1.41 bits per heavy atom. The summed E-state index contributed by atoms with van der Waals surface area (Å²) >= 11 is 0. The highest BCUT2D eigenvalue weighted by Crippen LogP contribution is 2.39. The Balaban J connectivity index is 1.75. The molecule has 0 saturated heterocycles. The van der Waals surface area contributed by atoms with E-state index in [4.69, 9.17) is 4.98 Å². The first-order valence-corrected chi connectivity index (χ1v) is 11.1. The molecule has 0 spiro atoms. The summed E-state index contributed by atoms with van der Waals surface area (Å²) in [6.45, 7) is 6.83. The fourth-order valence-corrected chi connectivity index (χ4v) is 4.99. The molecule has 0 unspecified atom stereocenters. The van der Waals surface area contributed by atoms with Crippen LogP contribution in [0.3, 0.4) is 0 Å². The molecule has 2 aromatic heterocycles. The topological polar surface area (TPSA) is 30.7 Å². The number of hydrogen-bond acceptors (Lipinski definition) is 2. The Labute approximate surface area is 187 Å². The highest BCUT2D eigenvalue weighted by Gasteiger charge is 2.21. The van der Waals surface area contributed by atoms with Crippen LogP contribution in [0.4, 0.5) is 0 Å². The first-order chi connectivity index (χ1) is 15.4. The Morgan fingerprint density at radius 1 is 0.719 bits per heavy atom. The summed E-state index contributed by atoms with van der Waals surface area (Å²) < 4.78 is 2.19. The van der Waals surface area contributed by atoms with Gasteiger partial charge < -0.3 is 4.57 Å². The SMILES string of the molecule is Cn1c2cc3ccccc3cc2c2c(-c3cc(C(C)(C)C)c4ccccc4c3)ncnc21. The summed E-state index contributed by atoms with van der Waals surface area (Å²) in [5.74, 6) is 0. The van der Waals surface area contributed by atoms with Gasteiger partial charge in [0.1, 0.15) is 12.0 Å². The molecule has 0 bridgehead atoms. The number of fused-ring (bicyclic) bond motifs is 5. The molecular weight excluding hydrogens is 390 g/mol. The molecule has 0 N–H and O–H groups in total. The Morgan fingerprint density at radius 3 is 2.16 bits per heavy atom. The molecule has 0 atom stereocenters. The first kappa shape index (κ1) is 19.0. The van der Waals surface area contributed by atoms with E-state index >= 15 is 0 Å². The van der Waals surface area contributed by atoms with Crippen LogP contribution in [0.15, 0.2) is 79.1 Å². The molecule has 0 aliphatic heterocycles. The van der Waals surface area contributed by atoms with E-state index in [0.717, 1.165) is 22.3 Å². The van der Waals surface area contributed by atoms with Crippen LogP contribution in [0.25, 0.3) is 54.7 Å². The summed E-state index contributed by atoms with van der Waals surface area (Å²) in [6, 6.07) is 26.3. The molecule has 6 rings (SSSR count). The van der Waals surface area contributed by atoms with Crippen molar-refractivity contribution < 1.29 is 0 Å². The summed E-state index contributed by atoms with van der Waals surface area (Å²) in [5.41, 5.74) is 5.64. The van der Waals surface area contributed by atoms with Crippen molar-refractivity contribution in [3.8, 4) is 11.3 Å². The molecule has 3 heteroatoms. The van der Waals surface area contributed by atoms with E-state index in [2.05, 4.69) is 110 Å². The molecule has 0 saturated carbocycles. The molecule has 6 aromatic rings. The average molecular weight is 416 g/mol. The van der Waals surface area contributed by atoms with E-state index in [1.165, 1.54) is 38.0 Å². The summed E-state index contributed by atoms with van der Waals surface area (Å²) in [7, 11) is 2.09. The van der Waals surface area contributed by atoms with E-state index in [1.807, 2.05) is 0 Å². The predicted octanol–water partition coefficient (Wildman–Crippen LogP) is 7.39. The van der Waals surface area contributed by atoms with Crippen molar-refractivity contribution in [3.05, 3.63) is 84.7 Å². The van der Waals surface area contributed by atoms with Crippen molar-refractivity contribution in [3.63, 3.8) is 0 Å². The molecule has 0 aliphatic rings. The zero-order chi connectivity index (χ0) is 22.0. The third-order valence-electron chi connectivity index (χ3n) is 6.58. The largest absolute Gasteiger partial charge is 0.328 e. The normalized spacial score (nSPS) is 12.4. The molecule has 2 heterocycles. The quantitative estimate of drug-likeness (QED) is 0.280. The lowest BCUT2D eigenvalue weighted by Crippen LogP contribution is -2.12. The fraction of sp³-hybridized carbons (Fsp3) is 0.172. The van der Waals surface area contributed by atoms with Gasteiger partial charge in [-0.3, -0.25) is 0 Å². The van der Waals surface area contributed by atoms with Gasteiger partial charge in [-0.15, -0.1) is 0 Å². The van der Waals surface area contributed by atoms with Crippen molar-refractivity contribution in [2.45, 2.75) is 26.2 Å². The van der Waals surface area contributed by atoms with Crippen LogP contribution in [-0.4, -0.2) is 14.5 Å². The highest BCUT2D eigenvalue weighted by atomic mass is 15.0. The van der Waals surface area contributed by atoms with Crippen molar-refractivity contribution in [2.24, 2.45) is 7.05 Å². The van der Waals surface area contributed by atoms with Crippen molar-refractivity contribution >= 4 is 43.5 Å². The Bertz CT molecular complexity index is 1670. The minimum atomic E-state index is 0.0245. The van der Waals surface area contributed by atoms with Gasteiger partial charge in [-0.2, -0.15) is 0 Å². The molecule has 3 nitrogen and oxygen atoms in total. The maximum absolute atomic E-state index is 4.83. The second-order valence-electron chi connectivity index (χ2n) is 9.69. The molecular formula is C29H25N3. The standard InChI is InChI=1S/C29H25N3/c1-29(2,3)24-15-21(13-20-11-7-8-12-22(20)24)27-26-23-14-18-9-5-6-10-19(18)16-25(23)32(4)28(26)31-17-30-27/h5-17H,1-4H3. The van der Waals surface area contributed by atoms with Gasteiger partial charge in [-0.05, 0) is 56.8 Å². The van der Waals surface area contributed by atoms with Gasteiger partial charge in [-0.25, -0.2) is 9.97 Å². The molecule has 0 aliphatic carbocycles. The highest BCUT2D eigenvalue weighted by molar-refractivity contribution is 6.16. The van der Waals surface area contributed by atoms with Gasteiger partial charge in [0.2, 0.25) is 0 Å². The van der Waals surface area contributed by atoms with Crippen LogP contribution in [0.2, 0.25) is 0 Å². The number of hydrogen-bond donors (Lipinski definition) is 0. The fourth-order valence-electron chi connectivity index (χ4n) is 4.99. The molecule has 32 heavy (non-hydrogen) atoms. The lowest BCUT2D eigenvalue weighted by molar-refractivity contribution is 0.596. The van der Waals surface area contributed by atoms with E-state index in [9.17, 15) is 0 Å². The molecule has 0 amide bonds. The Hall–Kier alpha value is -3.72. The number of benzene rings is 4. The van der Waals surface area contributed by atoms with Crippen LogP contribution in [0.5, 0.6) is 0 Å². The second kappa shape index (κ2) is 6.64. The van der Waals surface area contributed by atoms with Crippen molar-refractivity contribution in [2.75, 3.05) is 0 Å². The number of nitrogens with zero attached hydrogens (tertiary/aromatic N) is 3. The average Bonchev–Trinajstić information content (AvgIpc) is 3.07. The maximum atomic E-state index is 4.83. The van der Waals surface area contributed by atoms with E-state index in [1.54, 1.807) is 6.33 Å². The molecule has 4 aromatic carbocycles. The number of rotatable bonds is 1. The summed E-state index contributed by atoms with van der Waals surface area (Å²) in [5, 5.41) is 7.33. The summed E-state index contributed by atoms with van der Waals surface area (Å²) in [4.78, 5) is 9.51.